The van der Waals surface area contributed by atoms with Crippen LogP contribution in [0.4, 0.5) is 0 Å². The van der Waals surface area contributed by atoms with Crippen molar-refractivity contribution in [2.45, 2.75) is 0 Å². The summed E-state index contributed by atoms with van der Waals surface area (Å²) in [4.78, 5) is 26.3. The molecule has 0 radical (unpaired) electrons. The Balaban J connectivity index is 1.96. The van der Waals surface area contributed by atoms with Crippen LogP contribution in [0.3, 0.4) is 0 Å². The second kappa shape index (κ2) is 6.63. The molecule has 0 unspecified atom stereocenters. The first-order valence-corrected chi connectivity index (χ1v) is 6.10. The predicted molar refractivity (Wildman–Crippen MR) is 72.5 cm³/mol. The highest BCUT2D eigenvalue weighted by atomic mass is 16.5. The number of ether oxygens (including phenoxy) is 1. The van der Waals surface area contributed by atoms with Gasteiger partial charge < -0.3 is 15.2 Å². The third kappa shape index (κ3) is 3.52. The fourth-order valence-corrected chi connectivity index (χ4v) is 1.78. The average Bonchev–Trinajstić information content (AvgIpc) is 2.45. The van der Waals surface area contributed by atoms with Gasteiger partial charge in [-0.25, -0.2) is 4.79 Å². The van der Waals surface area contributed by atoms with Crippen molar-refractivity contribution in [3.63, 3.8) is 0 Å². The molecule has 1 aromatic carbocycles. The molecule has 1 aromatic heterocycles. The van der Waals surface area contributed by atoms with Crippen LogP contribution in [-0.4, -0.2) is 41.7 Å². The summed E-state index contributed by atoms with van der Waals surface area (Å²) in [5, 5.41) is 12.8. The first-order valence-electron chi connectivity index (χ1n) is 6.10. The lowest BCUT2D eigenvalue weighted by atomic mass is 10.1. The molecule has 0 fully saturated rings. The maximum Gasteiger partial charge on any atom is 0.329 e. The van der Waals surface area contributed by atoms with E-state index in [0.29, 0.717) is 5.69 Å². The zero-order valence-corrected chi connectivity index (χ0v) is 10.7. The van der Waals surface area contributed by atoms with E-state index in [1.54, 1.807) is 6.20 Å². The van der Waals surface area contributed by atoms with Gasteiger partial charge in [-0.2, -0.15) is 0 Å². The minimum absolute atomic E-state index is 0.142. The number of hydrogen-bond donors (Lipinski definition) is 2. The smallest absolute Gasteiger partial charge is 0.329 e. The number of benzene rings is 1. The summed E-state index contributed by atoms with van der Waals surface area (Å²) in [5.74, 6) is -1.34. The molecule has 2 rings (SSSR count). The number of hydrogen-bond acceptors (Lipinski definition) is 4. The van der Waals surface area contributed by atoms with Crippen molar-refractivity contribution >= 4 is 22.6 Å². The predicted octanol–water partition coefficient (Wildman–Crippen LogP) is 1.07. The van der Waals surface area contributed by atoms with Crippen LogP contribution in [0.25, 0.3) is 10.8 Å². The number of amides is 1. The Hall–Kier alpha value is -2.47. The Morgan fingerprint density at radius 1 is 1.25 bits per heavy atom. The Labute approximate surface area is 115 Å². The standard InChI is InChI=1S/C14H14N2O4/c17-12(18)9-20-8-7-16-14(19)13-11-4-2-1-3-10(11)5-6-15-13/h1-6H,7-9H2,(H,16,19)(H,17,18). The summed E-state index contributed by atoms with van der Waals surface area (Å²) in [6.07, 6.45) is 1.58. The molecule has 6 heteroatoms. The lowest BCUT2D eigenvalue weighted by Gasteiger charge is -2.07. The number of rotatable bonds is 6. The van der Waals surface area contributed by atoms with E-state index in [9.17, 15) is 9.59 Å². The van der Waals surface area contributed by atoms with Gasteiger partial charge in [-0.1, -0.05) is 24.3 Å². The SMILES string of the molecule is O=C(O)COCCNC(=O)c1nccc2ccccc12. The van der Waals surface area contributed by atoms with Crippen LogP contribution in [-0.2, 0) is 9.53 Å². The fourth-order valence-electron chi connectivity index (χ4n) is 1.78. The average molecular weight is 274 g/mol. The van der Waals surface area contributed by atoms with Gasteiger partial charge in [-0.15, -0.1) is 0 Å². The molecule has 0 spiro atoms. The highest BCUT2D eigenvalue weighted by Gasteiger charge is 2.10. The molecular formula is C14H14N2O4. The van der Waals surface area contributed by atoms with Crippen LogP contribution in [0.1, 0.15) is 10.5 Å². The van der Waals surface area contributed by atoms with Crippen molar-refractivity contribution in [1.29, 1.82) is 0 Å². The quantitative estimate of drug-likeness (QED) is 0.769. The van der Waals surface area contributed by atoms with E-state index in [-0.39, 0.29) is 25.7 Å². The van der Waals surface area contributed by atoms with Crippen LogP contribution in [0, 0.1) is 0 Å². The van der Waals surface area contributed by atoms with Gasteiger partial charge in [0.25, 0.3) is 5.91 Å². The molecule has 0 aliphatic carbocycles. The van der Waals surface area contributed by atoms with Crippen LogP contribution < -0.4 is 5.32 Å². The zero-order chi connectivity index (χ0) is 14.4. The van der Waals surface area contributed by atoms with Crippen LogP contribution in [0.2, 0.25) is 0 Å². The molecule has 0 saturated carbocycles. The zero-order valence-electron chi connectivity index (χ0n) is 10.7. The maximum absolute atomic E-state index is 12.0. The first kappa shape index (κ1) is 14.0. The summed E-state index contributed by atoms with van der Waals surface area (Å²) in [7, 11) is 0. The first-order chi connectivity index (χ1) is 9.68. The molecule has 2 N–H and O–H groups in total. The maximum atomic E-state index is 12.0. The summed E-state index contributed by atoms with van der Waals surface area (Å²) >= 11 is 0. The molecule has 6 nitrogen and oxygen atoms in total. The summed E-state index contributed by atoms with van der Waals surface area (Å²) in [6.45, 7) is 0.00219. The number of pyridine rings is 1. The van der Waals surface area contributed by atoms with Gasteiger partial charge in [-0.05, 0) is 11.5 Å². The van der Waals surface area contributed by atoms with Gasteiger partial charge in [0.2, 0.25) is 0 Å². The number of carbonyl (C=O) groups is 2. The van der Waals surface area contributed by atoms with E-state index >= 15 is 0 Å². The van der Waals surface area contributed by atoms with Crippen molar-refractivity contribution in [1.82, 2.24) is 10.3 Å². The number of carbonyl (C=O) groups excluding carboxylic acids is 1. The van der Waals surface area contributed by atoms with Gasteiger partial charge >= 0.3 is 5.97 Å². The van der Waals surface area contributed by atoms with Crippen molar-refractivity contribution < 1.29 is 19.4 Å². The Morgan fingerprint density at radius 2 is 2.05 bits per heavy atom. The normalized spacial score (nSPS) is 10.4. The molecule has 0 bridgehead atoms. The molecule has 104 valence electrons. The Morgan fingerprint density at radius 3 is 2.85 bits per heavy atom. The van der Waals surface area contributed by atoms with E-state index in [1.165, 1.54) is 0 Å². The van der Waals surface area contributed by atoms with Crippen LogP contribution in [0.5, 0.6) is 0 Å². The number of nitrogens with zero attached hydrogens (tertiary/aromatic N) is 1. The van der Waals surface area contributed by atoms with E-state index in [2.05, 4.69) is 10.3 Å². The van der Waals surface area contributed by atoms with Crippen LogP contribution in [0.15, 0.2) is 36.5 Å². The number of carboxylic acids is 1. The minimum Gasteiger partial charge on any atom is -0.480 e. The molecule has 0 saturated heterocycles. The number of nitrogens with one attached hydrogen (secondary N) is 1. The van der Waals surface area contributed by atoms with Crippen molar-refractivity contribution in [2.24, 2.45) is 0 Å². The van der Waals surface area contributed by atoms with Crippen LogP contribution >= 0.6 is 0 Å². The second-order valence-corrected chi connectivity index (χ2v) is 4.08. The monoisotopic (exact) mass is 274 g/mol. The van der Waals surface area contributed by atoms with Crippen molar-refractivity contribution in [3.05, 3.63) is 42.2 Å². The highest BCUT2D eigenvalue weighted by molar-refractivity contribution is 6.05. The molecular weight excluding hydrogens is 260 g/mol. The van der Waals surface area contributed by atoms with Gasteiger partial charge in [0.1, 0.15) is 12.3 Å². The van der Waals surface area contributed by atoms with E-state index in [1.807, 2.05) is 30.3 Å². The Bertz CT molecular complexity index is 622. The third-order valence-electron chi connectivity index (χ3n) is 2.65. The van der Waals surface area contributed by atoms with E-state index < -0.39 is 5.97 Å². The lowest BCUT2D eigenvalue weighted by Crippen LogP contribution is -2.28. The number of carboxylic acid groups (broad SMARTS) is 1. The summed E-state index contributed by atoms with van der Waals surface area (Å²) in [6, 6.07) is 9.31. The molecule has 0 aliphatic rings. The van der Waals surface area contributed by atoms with Crippen molar-refractivity contribution in [3.8, 4) is 0 Å². The largest absolute Gasteiger partial charge is 0.480 e. The van der Waals surface area contributed by atoms with Crippen molar-refractivity contribution in [2.75, 3.05) is 19.8 Å². The minimum atomic E-state index is -1.04. The third-order valence-corrected chi connectivity index (χ3v) is 2.65. The molecule has 20 heavy (non-hydrogen) atoms. The van der Waals surface area contributed by atoms with Gasteiger partial charge in [0.15, 0.2) is 0 Å². The summed E-state index contributed by atoms with van der Waals surface area (Å²) < 4.78 is 4.83. The molecule has 0 aliphatic heterocycles. The lowest BCUT2D eigenvalue weighted by molar-refractivity contribution is -0.142. The van der Waals surface area contributed by atoms with Gasteiger partial charge in [0.05, 0.1) is 6.61 Å². The molecule has 2 aromatic rings. The van der Waals surface area contributed by atoms with E-state index in [4.69, 9.17) is 9.84 Å². The Kier molecular flexibility index (Phi) is 4.62. The highest BCUT2D eigenvalue weighted by Crippen LogP contribution is 2.15. The van der Waals surface area contributed by atoms with Gasteiger partial charge in [0, 0.05) is 18.1 Å². The van der Waals surface area contributed by atoms with E-state index in [0.717, 1.165) is 10.8 Å². The van der Waals surface area contributed by atoms with Gasteiger partial charge in [-0.3, -0.25) is 9.78 Å². The number of aliphatic carboxylic acids is 1. The second-order valence-electron chi connectivity index (χ2n) is 4.08. The number of fused-ring (bicyclic) bond motifs is 1. The summed E-state index contributed by atoms with van der Waals surface area (Å²) in [5.41, 5.74) is 0.348. The topological polar surface area (TPSA) is 88.5 Å². The number of aromatic nitrogens is 1. The molecule has 1 amide bonds. The molecule has 1 heterocycles. The fraction of sp³-hybridized carbons (Fsp3) is 0.214. The molecule has 0 atom stereocenters.